The summed E-state index contributed by atoms with van der Waals surface area (Å²) in [5.41, 5.74) is 7.22. The number of hydrogen-bond acceptors (Lipinski definition) is 1. The van der Waals surface area contributed by atoms with Gasteiger partial charge in [0.2, 0.25) is 0 Å². The maximum atomic E-state index is 10.8. The normalized spacial score (nSPS) is 11.0. The van der Waals surface area contributed by atoms with Crippen molar-refractivity contribution < 1.29 is 5.11 Å². The van der Waals surface area contributed by atoms with Crippen LogP contribution in [0.2, 0.25) is 0 Å². The Balaban J connectivity index is 1.86. The average molecular weight is 361 g/mol. The van der Waals surface area contributed by atoms with Gasteiger partial charge in [-0.1, -0.05) is 91.0 Å². The minimum absolute atomic E-state index is 0.286. The van der Waals surface area contributed by atoms with Crippen LogP contribution in [0.1, 0.15) is 0 Å². The summed E-state index contributed by atoms with van der Waals surface area (Å²) in [5, 5.41) is 10.8. The lowest BCUT2D eigenvalue weighted by Gasteiger charge is -2.14. The molecule has 0 radical (unpaired) electrons. The Morgan fingerprint density at radius 3 is 1.64 bits per heavy atom. The van der Waals surface area contributed by atoms with Crippen molar-refractivity contribution in [3.8, 4) is 39.4 Å². The molecule has 0 amide bonds. The van der Waals surface area contributed by atoms with E-state index in [9.17, 15) is 5.11 Å². The Morgan fingerprint density at radius 2 is 1.04 bits per heavy atom. The Labute approximate surface area is 164 Å². The first kappa shape index (κ1) is 16.4. The van der Waals surface area contributed by atoms with Gasteiger partial charge >= 0.3 is 0 Å². The van der Waals surface area contributed by atoms with Crippen LogP contribution >= 0.6 is 0 Å². The summed E-state index contributed by atoms with van der Waals surface area (Å²) in [6.45, 7) is 0. The van der Waals surface area contributed by atoms with Crippen LogP contribution in [0.4, 0.5) is 0 Å². The second-order valence-corrected chi connectivity index (χ2v) is 6.87. The summed E-state index contributed by atoms with van der Waals surface area (Å²) in [6.07, 6.45) is 0. The largest absolute Gasteiger partial charge is 0.506 e. The molecule has 5 rings (SSSR count). The van der Waals surface area contributed by atoms with Gasteiger partial charge in [0.15, 0.2) is 0 Å². The molecule has 0 aliphatic heterocycles. The zero-order chi connectivity index (χ0) is 18.9. The van der Waals surface area contributed by atoms with Gasteiger partial charge in [-0.25, -0.2) is 0 Å². The first-order chi connectivity index (χ1) is 13.8. The molecule has 0 spiro atoms. The maximum absolute atomic E-state index is 10.8. The number of nitrogens with zero attached hydrogens (tertiary/aromatic N) is 1. The average Bonchev–Trinajstić information content (AvgIpc) is 3.10. The first-order valence-electron chi connectivity index (χ1n) is 9.36. The molecule has 0 unspecified atom stereocenters. The van der Waals surface area contributed by atoms with Crippen LogP contribution in [0.5, 0.6) is 5.75 Å². The van der Waals surface area contributed by atoms with Gasteiger partial charge in [-0.15, -0.1) is 0 Å². The third-order valence-corrected chi connectivity index (χ3v) is 5.07. The third kappa shape index (κ3) is 2.76. The Bertz CT molecular complexity index is 1240. The molecular weight excluding hydrogens is 342 g/mol. The minimum atomic E-state index is 0.286. The highest BCUT2D eigenvalue weighted by Gasteiger charge is 2.17. The predicted molar refractivity (Wildman–Crippen MR) is 115 cm³/mol. The van der Waals surface area contributed by atoms with Crippen LogP contribution in [0.3, 0.4) is 0 Å². The first-order valence-corrected chi connectivity index (χ1v) is 9.36. The van der Waals surface area contributed by atoms with E-state index in [0.29, 0.717) is 0 Å². The monoisotopic (exact) mass is 361 g/mol. The van der Waals surface area contributed by atoms with Crippen LogP contribution < -0.4 is 0 Å². The number of hydrogen-bond donors (Lipinski definition) is 1. The molecule has 28 heavy (non-hydrogen) atoms. The van der Waals surface area contributed by atoms with Crippen LogP contribution in [0.25, 0.3) is 39.2 Å². The number of pyridine rings is 1. The van der Waals surface area contributed by atoms with E-state index in [0.717, 1.165) is 39.2 Å². The SMILES string of the molecule is Oc1cc2cc(-c3ccccc3)cc(-c3ccccc3)n2c1-c1ccccc1. The van der Waals surface area contributed by atoms with Crippen molar-refractivity contribution in [3.05, 3.63) is 109 Å². The van der Waals surface area contributed by atoms with Crippen LogP contribution in [0.15, 0.2) is 109 Å². The molecule has 2 heterocycles. The highest BCUT2D eigenvalue weighted by molar-refractivity contribution is 5.83. The number of rotatable bonds is 3. The molecule has 0 aliphatic rings. The van der Waals surface area contributed by atoms with Crippen molar-refractivity contribution in [3.63, 3.8) is 0 Å². The van der Waals surface area contributed by atoms with Gasteiger partial charge < -0.3 is 9.51 Å². The van der Waals surface area contributed by atoms with Crippen molar-refractivity contribution in [1.29, 1.82) is 0 Å². The second kappa shape index (κ2) is 6.75. The lowest BCUT2D eigenvalue weighted by molar-refractivity contribution is 0.478. The fraction of sp³-hybridized carbons (Fsp3) is 0. The van der Waals surface area contributed by atoms with E-state index in [1.54, 1.807) is 0 Å². The van der Waals surface area contributed by atoms with Crippen molar-refractivity contribution in [2.75, 3.05) is 0 Å². The molecule has 0 saturated heterocycles. The summed E-state index contributed by atoms with van der Waals surface area (Å²) in [4.78, 5) is 0. The second-order valence-electron chi connectivity index (χ2n) is 6.87. The smallest absolute Gasteiger partial charge is 0.142 e. The Kier molecular flexibility index (Phi) is 3.95. The van der Waals surface area contributed by atoms with Crippen molar-refractivity contribution in [2.24, 2.45) is 0 Å². The van der Waals surface area contributed by atoms with Gasteiger partial charge in [-0.05, 0) is 28.8 Å². The summed E-state index contributed by atoms with van der Waals surface area (Å²) < 4.78 is 2.15. The minimum Gasteiger partial charge on any atom is -0.506 e. The molecule has 3 aromatic carbocycles. The highest BCUT2D eigenvalue weighted by atomic mass is 16.3. The van der Waals surface area contributed by atoms with E-state index in [1.807, 2.05) is 72.8 Å². The van der Waals surface area contributed by atoms with Gasteiger partial charge in [0.25, 0.3) is 0 Å². The summed E-state index contributed by atoms with van der Waals surface area (Å²) in [7, 11) is 0. The summed E-state index contributed by atoms with van der Waals surface area (Å²) in [6, 6.07) is 36.9. The maximum Gasteiger partial charge on any atom is 0.142 e. The molecule has 2 aromatic heterocycles. The zero-order valence-electron chi connectivity index (χ0n) is 15.3. The van der Waals surface area contributed by atoms with Crippen molar-refractivity contribution in [2.45, 2.75) is 0 Å². The molecule has 0 saturated carbocycles. The zero-order valence-corrected chi connectivity index (χ0v) is 15.3. The van der Waals surface area contributed by atoms with Gasteiger partial charge in [0, 0.05) is 11.6 Å². The topological polar surface area (TPSA) is 24.6 Å². The van der Waals surface area contributed by atoms with Crippen LogP contribution in [0, 0.1) is 0 Å². The Hall–Kier alpha value is -3.78. The predicted octanol–water partition coefficient (Wildman–Crippen LogP) is 6.65. The lowest BCUT2D eigenvalue weighted by Crippen LogP contribution is -1.96. The van der Waals surface area contributed by atoms with Crippen molar-refractivity contribution >= 4 is 5.52 Å². The number of fused-ring (bicyclic) bond motifs is 1. The highest BCUT2D eigenvalue weighted by Crippen LogP contribution is 2.38. The van der Waals surface area contributed by atoms with E-state index < -0.39 is 0 Å². The van der Waals surface area contributed by atoms with Gasteiger partial charge in [0.05, 0.1) is 16.9 Å². The fourth-order valence-corrected chi connectivity index (χ4v) is 3.79. The number of aromatic nitrogens is 1. The molecule has 0 bridgehead atoms. The van der Waals surface area contributed by atoms with E-state index in [-0.39, 0.29) is 5.75 Å². The third-order valence-electron chi connectivity index (χ3n) is 5.07. The molecule has 0 fully saturated rings. The van der Waals surface area contributed by atoms with Crippen molar-refractivity contribution in [1.82, 2.24) is 4.40 Å². The molecule has 0 atom stereocenters. The van der Waals surface area contributed by atoms with E-state index in [1.165, 1.54) is 0 Å². The molecule has 0 aliphatic carbocycles. The van der Waals surface area contributed by atoms with E-state index in [4.69, 9.17) is 0 Å². The van der Waals surface area contributed by atoms with Gasteiger partial charge in [-0.2, -0.15) is 0 Å². The standard InChI is InChI=1S/C26H19NO/c28-25-18-23-16-22(19-10-4-1-5-11-19)17-24(20-12-6-2-7-13-20)27(23)26(25)21-14-8-3-9-15-21/h1-18,28H. The quantitative estimate of drug-likeness (QED) is 0.382. The molecule has 134 valence electrons. The number of aromatic hydroxyl groups is 1. The van der Waals surface area contributed by atoms with E-state index >= 15 is 0 Å². The van der Waals surface area contributed by atoms with Crippen LogP contribution in [-0.4, -0.2) is 9.51 Å². The van der Waals surface area contributed by atoms with Crippen LogP contribution in [-0.2, 0) is 0 Å². The summed E-state index contributed by atoms with van der Waals surface area (Å²) in [5.74, 6) is 0.286. The Morgan fingerprint density at radius 1 is 0.500 bits per heavy atom. The van der Waals surface area contributed by atoms with Gasteiger partial charge in [0.1, 0.15) is 5.75 Å². The summed E-state index contributed by atoms with van der Waals surface area (Å²) >= 11 is 0. The molecule has 2 nitrogen and oxygen atoms in total. The van der Waals surface area contributed by atoms with E-state index in [2.05, 4.69) is 40.8 Å². The molecule has 5 aromatic rings. The molecular formula is C26H19NO. The van der Waals surface area contributed by atoms with Gasteiger partial charge in [-0.3, -0.25) is 0 Å². The number of benzene rings is 3. The molecule has 2 heteroatoms. The molecule has 1 N–H and O–H groups in total. The lowest BCUT2D eigenvalue weighted by atomic mass is 10.0. The fourth-order valence-electron chi connectivity index (χ4n) is 3.79.